The maximum atomic E-state index is 3.49. The minimum Gasteiger partial charge on any atom is -0.313 e. The highest BCUT2D eigenvalue weighted by Crippen LogP contribution is 2.37. The molecule has 1 saturated heterocycles. The number of nitrogens with zero attached hydrogens (tertiary/aromatic N) is 1. The summed E-state index contributed by atoms with van der Waals surface area (Å²) in [6, 6.07) is 9.38. The van der Waals surface area contributed by atoms with Crippen LogP contribution in [0, 0.1) is 12.3 Å². The minimum absolute atomic E-state index is 0.475. The summed E-state index contributed by atoms with van der Waals surface area (Å²) in [5, 5.41) is 3.49. The van der Waals surface area contributed by atoms with Crippen molar-refractivity contribution in [2.75, 3.05) is 26.7 Å². The van der Waals surface area contributed by atoms with Crippen LogP contribution >= 0.6 is 0 Å². The van der Waals surface area contributed by atoms with Gasteiger partial charge in [-0.2, -0.15) is 0 Å². The average Bonchev–Trinajstić information content (AvgIpc) is 2.92. The molecule has 0 bridgehead atoms. The van der Waals surface area contributed by atoms with Crippen molar-refractivity contribution < 1.29 is 0 Å². The summed E-state index contributed by atoms with van der Waals surface area (Å²) in [7, 11) is 2.08. The van der Waals surface area contributed by atoms with Crippen molar-refractivity contribution in [3.05, 3.63) is 35.4 Å². The number of likely N-dealkylation sites (tertiary alicyclic amines) is 1. The first kappa shape index (κ1) is 16.5. The second-order valence-corrected chi connectivity index (χ2v) is 6.78. The number of hydrogen-bond acceptors (Lipinski definition) is 2. The molecule has 1 aliphatic rings. The van der Waals surface area contributed by atoms with E-state index in [1.807, 2.05) is 0 Å². The summed E-state index contributed by atoms with van der Waals surface area (Å²) in [6.45, 7) is 10.7. The van der Waals surface area contributed by atoms with Gasteiger partial charge in [-0.3, -0.25) is 0 Å². The van der Waals surface area contributed by atoms with Crippen LogP contribution in [0.15, 0.2) is 24.3 Å². The Morgan fingerprint density at radius 1 is 1.29 bits per heavy atom. The van der Waals surface area contributed by atoms with Crippen LogP contribution in [0.3, 0.4) is 0 Å². The lowest BCUT2D eigenvalue weighted by molar-refractivity contribution is 0.234. The van der Waals surface area contributed by atoms with Gasteiger partial charge in [0.25, 0.3) is 0 Å². The molecule has 1 aliphatic heterocycles. The number of benzene rings is 1. The van der Waals surface area contributed by atoms with Gasteiger partial charge in [0.2, 0.25) is 0 Å². The van der Waals surface area contributed by atoms with Gasteiger partial charge in [0, 0.05) is 12.6 Å². The third-order valence-electron chi connectivity index (χ3n) is 5.54. The zero-order chi connectivity index (χ0) is 15.3. The summed E-state index contributed by atoms with van der Waals surface area (Å²) in [6.07, 6.45) is 5.23. The zero-order valence-corrected chi connectivity index (χ0v) is 14.3. The molecule has 1 fully saturated rings. The van der Waals surface area contributed by atoms with E-state index in [9.17, 15) is 0 Å². The fourth-order valence-electron chi connectivity index (χ4n) is 3.72. The maximum absolute atomic E-state index is 3.49. The van der Waals surface area contributed by atoms with Crippen molar-refractivity contribution in [3.63, 3.8) is 0 Å². The molecule has 1 N–H and O–H groups in total. The lowest BCUT2D eigenvalue weighted by Gasteiger charge is -2.27. The lowest BCUT2D eigenvalue weighted by atomic mass is 9.82. The highest BCUT2D eigenvalue weighted by Gasteiger charge is 2.34. The average molecular weight is 288 g/mol. The van der Waals surface area contributed by atoms with Crippen LogP contribution in [0.1, 0.15) is 56.7 Å². The molecule has 1 unspecified atom stereocenters. The van der Waals surface area contributed by atoms with E-state index in [0.29, 0.717) is 11.5 Å². The molecule has 0 aliphatic carbocycles. The lowest BCUT2D eigenvalue weighted by Crippen LogP contribution is -2.29. The van der Waals surface area contributed by atoms with Crippen LogP contribution in [0.5, 0.6) is 0 Å². The predicted octanol–water partition coefficient (Wildman–Crippen LogP) is 4.16. The Bertz CT molecular complexity index is 437. The summed E-state index contributed by atoms with van der Waals surface area (Å²) in [5.41, 5.74) is 3.37. The molecule has 1 heterocycles. The van der Waals surface area contributed by atoms with Crippen molar-refractivity contribution >= 4 is 0 Å². The first-order valence-corrected chi connectivity index (χ1v) is 8.58. The molecule has 0 aromatic heterocycles. The molecule has 21 heavy (non-hydrogen) atoms. The van der Waals surface area contributed by atoms with Gasteiger partial charge in [-0.25, -0.2) is 0 Å². The Morgan fingerprint density at radius 2 is 2.05 bits per heavy atom. The molecule has 1 atom stereocenters. The zero-order valence-electron chi connectivity index (χ0n) is 14.3. The van der Waals surface area contributed by atoms with E-state index in [1.165, 1.54) is 56.4 Å². The number of rotatable bonds is 7. The molecule has 1 aromatic rings. The fraction of sp³-hybridized carbons (Fsp3) is 0.684. The van der Waals surface area contributed by atoms with Crippen molar-refractivity contribution in [1.29, 1.82) is 0 Å². The minimum atomic E-state index is 0.475. The smallest absolute Gasteiger partial charge is 0.0329 e. The third-order valence-corrected chi connectivity index (χ3v) is 5.54. The number of nitrogens with one attached hydrogen (secondary N) is 1. The van der Waals surface area contributed by atoms with Gasteiger partial charge in [0.15, 0.2) is 0 Å². The van der Waals surface area contributed by atoms with E-state index >= 15 is 0 Å². The van der Waals surface area contributed by atoms with Crippen molar-refractivity contribution in [2.45, 2.75) is 52.5 Å². The van der Waals surface area contributed by atoms with Crippen LogP contribution in [0.25, 0.3) is 0 Å². The SMILES string of the molecule is CCC1(CC)CCN(CCC(NC)c2cccc(C)c2)C1. The Balaban J connectivity index is 1.90. The van der Waals surface area contributed by atoms with Gasteiger partial charge >= 0.3 is 0 Å². The highest BCUT2D eigenvalue weighted by atomic mass is 15.2. The van der Waals surface area contributed by atoms with Gasteiger partial charge in [0.05, 0.1) is 0 Å². The van der Waals surface area contributed by atoms with E-state index in [1.54, 1.807) is 0 Å². The first-order valence-electron chi connectivity index (χ1n) is 8.58. The summed E-state index contributed by atoms with van der Waals surface area (Å²) in [4.78, 5) is 2.67. The topological polar surface area (TPSA) is 15.3 Å². The van der Waals surface area contributed by atoms with E-state index < -0.39 is 0 Å². The van der Waals surface area contributed by atoms with Crippen molar-refractivity contribution in [1.82, 2.24) is 10.2 Å². The Hall–Kier alpha value is -0.860. The molecule has 0 spiro atoms. The maximum Gasteiger partial charge on any atom is 0.0329 e. The van der Waals surface area contributed by atoms with Crippen LogP contribution in [0.4, 0.5) is 0 Å². The quantitative estimate of drug-likeness (QED) is 0.810. The van der Waals surface area contributed by atoms with Crippen LogP contribution in [0.2, 0.25) is 0 Å². The predicted molar refractivity (Wildman–Crippen MR) is 91.7 cm³/mol. The molecular weight excluding hydrogens is 256 g/mol. The van der Waals surface area contributed by atoms with E-state index in [-0.39, 0.29) is 0 Å². The molecule has 1 aromatic carbocycles. The molecule has 2 nitrogen and oxygen atoms in total. The van der Waals surface area contributed by atoms with Crippen molar-refractivity contribution in [3.8, 4) is 0 Å². The number of aryl methyl sites for hydroxylation is 1. The van der Waals surface area contributed by atoms with Gasteiger partial charge in [-0.15, -0.1) is 0 Å². The summed E-state index contributed by atoms with van der Waals surface area (Å²) in [5.74, 6) is 0. The Kier molecular flexibility index (Phi) is 5.83. The molecule has 0 saturated carbocycles. The van der Waals surface area contributed by atoms with Crippen LogP contribution in [-0.2, 0) is 0 Å². The van der Waals surface area contributed by atoms with E-state index in [4.69, 9.17) is 0 Å². The normalized spacial score (nSPS) is 19.8. The fourth-order valence-corrected chi connectivity index (χ4v) is 3.72. The third kappa shape index (κ3) is 4.08. The number of hydrogen-bond donors (Lipinski definition) is 1. The van der Waals surface area contributed by atoms with Gasteiger partial charge in [-0.05, 0) is 63.7 Å². The standard InChI is InChI=1S/C19H32N2/c1-5-19(6-2)11-13-21(15-19)12-10-18(20-4)17-9-7-8-16(3)14-17/h7-9,14,18,20H,5-6,10-13,15H2,1-4H3. The van der Waals surface area contributed by atoms with Gasteiger partial charge in [0.1, 0.15) is 0 Å². The molecule has 2 heteroatoms. The highest BCUT2D eigenvalue weighted by molar-refractivity contribution is 5.25. The van der Waals surface area contributed by atoms with E-state index in [2.05, 4.69) is 62.3 Å². The monoisotopic (exact) mass is 288 g/mol. The second-order valence-electron chi connectivity index (χ2n) is 6.78. The Morgan fingerprint density at radius 3 is 2.62 bits per heavy atom. The first-order chi connectivity index (χ1) is 10.1. The van der Waals surface area contributed by atoms with Crippen LogP contribution in [-0.4, -0.2) is 31.6 Å². The second kappa shape index (κ2) is 7.42. The van der Waals surface area contributed by atoms with Gasteiger partial charge in [-0.1, -0.05) is 43.7 Å². The van der Waals surface area contributed by atoms with E-state index in [0.717, 1.165) is 0 Å². The van der Waals surface area contributed by atoms with Crippen molar-refractivity contribution in [2.24, 2.45) is 5.41 Å². The molecule has 2 rings (SSSR count). The molecule has 118 valence electrons. The molecule has 0 radical (unpaired) electrons. The molecule has 0 amide bonds. The molecular formula is C19H32N2. The summed E-state index contributed by atoms with van der Waals surface area (Å²) >= 11 is 0. The Labute approximate surface area is 130 Å². The summed E-state index contributed by atoms with van der Waals surface area (Å²) < 4.78 is 0. The van der Waals surface area contributed by atoms with Gasteiger partial charge < -0.3 is 10.2 Å². The largest absolute Gasteiger partial charge is 0.313 e. The van der Waals surface area contributed by atoms with Crippen LogP contribution < -0.4 is 5.32 Å².